The lowest BCUT2D eigenvalue weighted by atomic mass is 9.69. The van der Waals surface area contributed by atoms with Crippen LogP contribution in [0.4, 0.5) is 10.1 Å². The van der Waals surface area contributed by atoms with E-state index in [0.717, 1.165) is 5.56 Å². The smallest absolute Gasteiger partial charge is 0.232 e. The van der Waals surface area contributed by atoms with Gasteiger partial charge in [-0.2, -0.15) is 0 Å². The van der Waals surface area contributed by atoms with E-state index in [1.54, 1.807) is 29.2 Å². The number of halogens is 2. The molecule has 0 saturated heterocycles. The highest BCUT2D eigenvalue weighted by Crippen LogP contribution is 2.48. The highest BCUT2D eigenvalue weighted by molar-refractivity contribution is 6.30. The molecule has 0 bridgehead atoms. The summed E-state index contributed by atoms with van der Waals surface area (Å²) in [7, 11) is 0. The molecule has 28 heavy (non-hydrogen) atoms. The van der Waals surface area contributed by atoms with Gasteiger partial charge in [-0.3, -0.25) is 14.5 Å². The Morgan fingerprint density at radius 3 is 2.46 bits per heavy atom. The Morgan fingerprint density at radius 2 is 1.79 bits per heavy atom. The maximum Gasteiger partial charge on any atom is 0.232 e. The van der Waals surface area contributed by atoms with Gasteiger partial charge in [-0.15, -0.1) is 0 Å². The second-order valence-corrected chi connectivity index (χ2v) is 8.76. The Kier molecular flexibility index (Phi) is 4.62. The second kappa shape index (κ2) is 6.85. The molecule has 1 aliphatic carbocycles. The Balaban J connectivity index is 1.89. The molecule has 144 valence electrons. The van der Waals surface area contributed by atoms with Crippen LogP contribution in [0.15, 0.2) is 59.8 Å². The van der Waals surface area contributed by atoms with E-state index in [9.17, 15) is 14.0 Å². The van der Waals surface area contributed by atoms with Gasteiger partial charge in [0.05, 0.1) is 5.69 Å². The first-order valence-electron chi connectivity index (χ1n) is 9.35. The number of carbonyl (C=O) groups excluding carboxylic acids is 2. The van der Waals surface area contributed by atoms with Crippen LogP contribution in [0.25, 0.3) is 0 Å². The summed E-state index contributed by atoms with van der Waals surface area (Å²) < 4.78 is 13.8. The van der Waals surface area contributed by atoms with E-state index in [4.69, 9.17) is 11.6 Å². The molecular weight excluding hydrogens is 377 g/mol. The van der Waals surface area contributed by atoms with E-state index in [1.807, 2.05) is 26.0 Å². The summed E-state index contributed by atoms with van der Waals surface area (Å²) in [4.78, 5) is 27.9. The predicted molar refractivity (Wildman–Crippen MR) is 108 cm³/mol. The first-order valence-corrected chi connectivity index (χ1v) is 9.73. The van der Waals surface area contributed by atoms with E-state index < -0.39 is 5.82 Å². The van der Waals surface area contributed by atoms with Crippen molar-refractivity contribution in [3.05, 3.63) is 76.2 Å². The molecule has 1 atom stereocenters. The molecule has 3 nitrogen and oxygen atoms in total. The van der Waals surface area contributed by atoms with Gasteiger partial charge in [-0.1, -0.05) is 43.6 Å². The van der Waals surface area contributed by atoms with E-state index in [2.05, 4.69) is 0 Å². The van der Waals surface area contributed by atoms with Crippen molar-refractivity contribution in [2.45, 2.75) is 39.0 Å². The number of amides is 1. The fourth-order valence-electron chi connectivity index (χ4n) is 4.31. The number of hydrogen-bond donors (Lipinski definition) is 0. The minimum absolute atomic E-state index is 0.0557. The maximum absolute atomic E-state index is 13.8. The van der Waals surface area contributed by atoms with Crippen molar-refractivity contribution in [3.63, 3.8) is 0 Å². The number of Topliss-reactive ketones (excluding diaryl/α,β-unsaturated/α-hetero) is 1. The minimum atomic E-state index is -0.409. The standard InChI is InChI=1S/C23H21ClFNO2/c1-23(2)12-19-22(20(27)13-23)18(14-6-8-15(24)9-7-14)11-21(28)26(19)17-5-3-4-16(25)10-17/h3-10,18H,11-13H2,1-2H3. The molecule has 5 heteroatoms. The van der Waals surface area contributed by atoms with Crippen molar-refractivity contribution >= 4 is 29.0 Å². The fourth-order valence-corrected chi connectivity index (χ4v) is 4.44. The zero-order chi connectivity index (χ0) is 20.1. The van der Waals surface area contributed by atoms with Gasteiger partial charge >= 0.3 is 0 Å². The number of carbonyl (C=O) groups is 2. The second-order valence-electron chi connectivity index (χ2n) is 8.32. The largest absolute Gasteiger partial charge is 0.294 e. The number of anilines is 1. The maximum atomic E-state index is 13.8. The Morgan fingerprint density at radius 1 is 1.07 bits per heavy atom. The number of ketones is 1. The average Bonchev–Trinajstić information content (AvgIpc) is 2.60. The van der Waals surface area contributed by atoms with E-state index >= 15 is 0 Å². The first kappa shape index (κ1) is 18.9. The van der Waals surface area contributed by atoms with E-state index in [1.165, 1.54) is 12.1 Å². The van der Waals surface area contributed by atoms with Crippen LogP contribution < -0.4 is 4.90 Å². The number of allylic oxidation sites excluding steroid dienone is 2. The molecule has 0 fully saturated rings. The summed E-state index contributed by atoms with van der Waals surface area (Å²) in [5, 5.41) is 0.609. The number of nitrogens with zero attached hydrogens (tertiary/aromatic N) is 1. The number of rotatable bonds is 2. The predicted octanol–water partition coefficient (Wildman–Crippen LogP) is 5.64. The molecule has 1 heterocycles. The summed E-state index contributed by atoms with van der Waals surface area (Å²) in [5.41, 5.74) is 2.48. The van der Waals surface area contributed by atoms with Crippen molar-refractivity contribution in [2.24, 2.45) is 5.41 Å². The lowest BCUT2D eigenvalue weighted by molar-refractivity contribution is -0.121. The number of benzene rings is 2. The molecular formula is C23H21ClFNO2. The van der Waals surface area contributed by atoms with Crippen LogP contribution in [0, 0.1) is 11.2 Å². The molecule has 0 aromatic heterocycles. The van der Waals surface area contributed by atoms with Crippen LogP contribution in [0.5, 0.6) is 0 Å². The molecule has 0 spiro atoms. The monoisotopic (exact) mass is 397 g/mol. The molecule has 0 N–H and O–H groups in total. The molecule has 1 unspecified atom stereocenters. The summed E-state index contributed by atoms with van der Waals surface area (Å²) in [6.45, 7) is 4.05. The van der Waals surface area contributed by atoms with Gasteiger partial charge in [0.1, 0.15) is 5.82 Å². The van der Waals surface area contributed by atoms with Crippen molar-refractivity contribution in [1.82, 2.24) is 0 Å². The molecule has 2 aliphatic rings. The molecule has 4 rings (SSSR count). The van der Waals surface area contributed by atoms with Crippen molar-refractivity contribution < 1.29 is 14.0 Å². The van der Waals surface area contributed by atoms with Gasteiger partial charge in [-0.05, 0) is 47.7 Å². The fraction of sp³-hybridized carbons (Fsp3) is 0.304. The van der Waals surface area contributed by atoms with Crippen molar-refractivity contribution in [3.8, 4) is 0 Å². The van der Waals surface area contributed by atoms with Gasteiger partial charge in [0, 0.05) is 35.1 Å². The molecule has 2 aromatic rings. The Labute approximate surface area is 168 Å². The third kappa shape index (κ3) is 3.37. The topological polar surface area (TPSA) is 37.4 Å². The molecule has 1 amide bonds. The normalized spacial score (nSPS) is 21.7. The van der Waals surface area contributed by atoms with Gasteiger partial charge < -0.3 is 0 Å². The Bertz CT molecular complexity index is 994. The lowest BCUT2D eigenvalue weighted by Gasteiger charge is -2.43. The summed E-state index contributed by atoms with van der Waals surface area (Å²) >= 11 is 6.01. The molecule has 0 saturated carbocycles. The van der Waals surface area contributed by atoms with Crippen LogP contribution in [-0.2, 0) is 9.59 Å². The Hall–Kier alpha value is -2.46. The highest BCUT2D eigenvalue weighted by Gasteiger charge is 2.44. The van der Waals surface area contributed by atoms with Crippen LogP contribution in [0.3, 0.4) is 0 Å². The van der Waals surface area contributed by atoms with Gasteiger partial charge in [-0.25, -0.2) is 4.39 Å². The van der Waals surface area contributed by atoms with Crippen LogP contribution in [0.1, 0.15) is 44.6 Å². The molecule has 1 aliphatic heterocycles. The highest BCUT2D eigenvalue weighted by atomic mass is 35.5. The third-order valence-electron chi connectivity index (χ3n) is 5.48. The third-order valence-corrected chi connectivity index (χ3v) is 5.73. The SMILES string of the molecule is CC1(C)CC(=O)C2=C(C1)N(c1cccc(F)c1)C(=O)CC2c1ccc(Cl)cc1. The summed E-state index contributed by atoms with van der Waals surface area (Å²) in [6.07, 6.45) is 1.19. The van der Waals surface area contributed by atoms with Crippen molar-refractivity contribution in [1.29, 1.82) is 0 Å². The zero-order valence-corrected chi connectivity index (χ0v) is 16.6. The summed E-state index contributed by atoms with van der Waals surface area (Å²) in [5.74, 6) is -0.781. The quantitative estimate of drug-likeness (QED) is 0.657. The van der Waals surface area contributed by atoms with Gasteiger partial charge in [0.25, 0.3) is 0 Å². The molecule has 2 aromatic carbocycles. The zero-order valence-electron chi connectivity index (χ0n) is 15.8. The van der Waals surface area contributed by atoms with Crippen LogP contribution in [0.2, 0.25) is 5.02 Å². The minimum Gasteiger partial charge on any atom is -0.294 e. The van der Waals surface area contributed by atoms with Crippen molar-refractivity contribution in [2.75, 3.05) is 4.90 Å². The van der Waals surface area contributed by atoms with Crippen LogP contribution >= 0.6 is 11.6 Å². The van der Waals surface area contributed by atoms with E-state index in [0.29, 0.717) is 34.8 Å². The van der Waals surface area contributed by atoms with Crippen LogP contribution in [-0.4, -0.2) is 11.7 Å². The number of hydrogen-bond acceptors (Lipinski definition) is 2. The average molecular weight is 398 g/mol. The first-order chi connectivity index (χ1) is 13.2. The van der Waals surface area contributed by atoms with E-state index in [-0.39, 0.29) is 29.4 Å². The lowest BCUT2D eigenvalue weighted by Crippen LogP contribution is -2.43. The van der Waals surface area contributed by atoms with Gasteiger partial charge in [0.2, 0.25) is 5.91 Å². The van der Waals surface area contributed by atoms with Gasteiger partial charge in [0.15, 0.2) is 5.78 Å². The summed E-state index contributed by atoms with van der Waals surface area (Å²) in [6, 6.07) is 13.3. The molecule has 0 radical (unpaired) electrons.